The van der Waals surface area contributed by atoms with E-state index in [1.165, 1.54) is 0 Å². The van der Waals surface area contributed by atoms with Crippen molar-refractivity contribution in [1.82, 2.24) is 4.90 Å². The number of hydrogen-bond acceptors (Lipinski definition) is 3. The average Bonchev–Trinajstić information content (AvgIpc) is 3.00. The largest absolute Gasteiger partial charge is 0.416 e. The fourth-order valence-corrected chi connectivity index (χ4v) is 4.72. The van der Waals surface area contributed by atoms with Crippen LogP contribution in [-0.4, -0.2) is 43.5 Å². The number of halogens is 3. The highest BCUT2D eigenvalue weighted by atomic mass is 19.4. The number of hydrogen-bond donors (Lipinski definition) is 0. The van der Waals surface area contributed by atoms with E-state index in [9.17, 15) is 13.2 Å². The standard InChI is InChI=1S/C24H27F3N2O/c1-22(2)16-23(19-6-4-3-5-7-19,17-29-12-14-30-15-13-29)28-21(22)18-8-10-20(11-9-18)24(25,26)27/h3-11H,12-17H2,1-2H3. The van der Waals surface area contributed by atoms with Gasteiger partial charge in [0.15, 0.2) is 0 Å². The minimum Gasteiger partial charge on any atom is -0.379 e. The Labute approximate surface area is 175 Å². The summed E-state index contributed by atoms with van der Waals surface area (Å²) in [6, 6.07) is 15.7. The van der Waals surface area contributed by atoms with Gasteiger partial charge >= 0.3 is 6.18 Å². The molecule has 2 aromatic carbocycles. The predicted molar refractivity (Wildman–Crippen MR) is 112 cm³/mol. The molecule has 4 rings (SSSR count). The highest BCUT2D eigenvalue weighted by molar-refractivity contribution is 6.06. The first-order chi connectivity index (χ1) is 14.2. The zero-order valence-corrected chi connectivity index (χ0v) is 17.4. The molecular formula is C24H27F3N2O. The summed E-state index contributed by atoms with van der Waals surface area (Å²) in [6.45, 7) is 8.18. The molecule has 0 amide bonds. The first-order valence-corrected chi connectivity index (χ1v) is 10.3. The third-order valence-corrected chi connectivity index (χ3v) is 6.09. The zero-order chi connectivity index (χ0) is 21.4. The molecule has 0 aliphatic carbocycles. The van der Waals surface area contributed by atoms with Crippen LogP contribution in [0.4, 0.5) is 13.2 Å². The van der Waals surface area contributed by atoms with Crippen molar-refractivity contribution in [3.05, 3.63) is 71.3 Å². The number of nitrogens with zero attached hydrogens (tertiary/aromatic N) is 2. The summed E-state index contributed by atoms with van der Waals surface area (Å²) in [6.07, 6.45) is -3.53. The van der Waals surface area contributed by atoms with Crippen molar-refractivity contribution in [2.75, 3.05) is 32.8 Å². The lowest BCUT2D eigenvalue weighted by Gasteiger charge is -2.37. The summed E-state index contributed by atoms with van der Waals surface area (Å²) in [5.74, 6) is 0. The van der Waals surface area contributed by atoms with Crippen LogP contribution in [0.3, 0.4) is 0 Å². The summed E-state index contributed by atoms with van der Waals surface area (Å²) in [5, 5.41) is 0. The number of alkyl halides is 3. The molecule has 1 saturated heterocycles. The number of benzene rings is 2. The fraction of sp³-hybridized carbons (Fsp3) is 0.458. The molecule has 1 atom stereocenters. The Morgan fingerprint density at radius 2 is 1.60 bits per heavy atom. The molecule has 2 aliphatic heterocycles. The minimum atomic E-state index is -4.34. The van der Waals surface area contributed by atoms with E-state index >= 15 is 0 Å². The van der Waals surface area contributed by atoms with Crippen molar-refractivity contribution < 1.29 is 17.9 Å². The van der Waals surface area contributed by atoms with Gasteiger partial charge in [0.2, 0.25) is 0 Å². The molecule has 2 aromatic rings. The molecule has 0 spiro atoms. The van der Waals surface area contributed by atoms with E-state index in [1.54, 1.807) is 12.1 Å². The number of rotatable bonds is 4. The van der Waals surface area contributed by atoms with Gasteiger partial charge in [0.25, 0.3) is 0 Å². The van der Waals surface area contributed by atoms with Crippen LogP contribution in [0.25, 0.3) is 0 Å². The van der Waals surface area contributed by atoms with Gasteiger partial charge in [-0.15, -0.1) is 0 Å². The highest BCUT2D eigenvalue weighted by Gasteiger charge is 2.47. The predicted octanol–water partition coefficient (Wildman–Crippen LogP) is 5.15. The molecular weight excluding hydrogens is 389 g/mol. The molecule has 30 heavy (non-hydrogen) atoms. The quantitative estimate of drug-likeness (QED) is 0.688. The monoisotopic (exact) mass is 416 g/mol. The SMILES string of the molecule is CC1(C)CC(CN2CCOCC2)(c2ccccc2)N=C1c1ccc(C(F)(F)F)cc1. The van der Waals surface area contributed by atoms with E-state index in [2.05, 4.69) is 30.9 Å². The lowest BCUT2D eigenvalue weighted by molar-refractivity contribution is -0.137. The van der Waals surface area contributed by atoms with Crippen LogP contribution in [0.15, 0.2) is 59.6 Å². The fourth-order valence-electron chi connectivity index (χ4n) is 4.72. The smallest absolute Gasteiger partial charge is 0.379 e. The summed E-state index contributed by atoms with van der Waals surface area (Å²) in [7, 11) is 0. The van der Waals surface area contributed by atoms with E-state index in [4.69, 9.17) is 9.73 Å². The molecule has 6 heteroatoms. The van der Waals surface area contributed by atoms with Crippen molar-refractivity contribution in [1.29, 1.82) is 0 Å². The van der Waals surface area contributed by atoms with Gasteiger partial charge in [0.1, 0.15) is 0 Å². The Morgan fingerprint density at radius 1 is 0.967 bits per heavy atom. The second kappa shape index (κ2) is 7.82. The number of morpholine rings is 1. The van der Waals surface area contributed by atoms with E-state index in [0.717, 1.165) is 55.0 Å². The van der Waals surface area contributed by atoms with E-state index < -0.39 is 17.3 Å². The molecule has 0 N–H and O–H groups in total. The summed E-state index contributed by atoms with van der Waals surface area (Å²) < 4.78 is 44.5. The number of aliphatic imine (C=N–C) groups is 1. The molecule has 2 aliphatic rings. The molecule has 1 fully saturated rings. The van der Waals surface area contributed by atoms with Crippen LogP contribution in [0.2, 0.25) is 0 Å². The van der Waals surface area contributed by atoms with Gasteiger partial charge in [0.05, 0.1) is 24.3 Å². The Balaban J connectivity index is 1.74. The van der Waals surface area contributed by atoms with Crippen LogP contribution in [0, 0.1) is 5.41 Å². The van der Waals surface area contributed by atoms with Gasteiger partial charge in [-0.2, -0.15) is 13.2 Å². The topological polar surface area (TPSA) is 24.8 Å². The Kier molecular flexibility index (Phi) is 5.49. The van der Waals surface area contributed by atoms with Crippen LogP contribution in [0.1, 0.15) is 37.0 Å². The molecule has 160 valence electrons. The van der Waals surface area contributed by atoms with Crippen LogP contribution in [-0.2, 0) is 16.5 Å². The molecule has 1 unspecified atom stereocenters. The van der Waals surface area contributed by atoms with Gasteiger partial charge in [-0.25, -0.2) is 0 Å². The van der Waals surface area contributed by atoms with Crippen molar-refractivity contribution in [2.45, 2.75) is 32.0 Å². The number of ether oxygens (including phenoxy) is 1. The lowest BCUT2D eigenvalue weighted by atomic mass is 9.75. The molecule has 0 bridgehead atoms. The van der Waals surface area contributed by atoms with Gasteiger partial charge < -0.3 is 4.74 Å². The molecule has 2 heterocycles. The molecule has 3 nitrogen and oxygen atoms in total. The van der Waals surface area contributed by atoms with Gasteiger partial charge in [-0.3, -0.25) is 9.89 Å². The van der Waals surface area contributed by atoms with Gasteiger partial charge in [-0.1, -0.05) is 56.3 Å². The summed E-state index contributed by atoms with van der Waals surface area (Å²) in [5.41, 5.74) is 1.44. The Hall–Kier alpha value is -2.18. The molecule has 0 radical (unpaired) electrons. The maximum Gasteiger partial charge on any atom is 0.416 e. The van der Waals surface area contributed by atoms with E-state index in [0.29, 0.717) is 13.2 Å². The zero-order valence-electron chi connectivity index (χ0n) is 17.4. The second-order valence-electron chi connectivity index (χ2n) is 8.88. The third kappa shape index (κ3) is 4.16. The van der Waals surface area contributed by atoms with Crippen molar-refractivity contribution >= 4 is 5.71 Å². The first kappa shape index (κ1) is 21.1. The van der Waals surface area contributed by atoms with E-state index in [1.807, 2.05) is 18.2 Å². The van der Waals surface area contributed by atoms with Crippen LogP contribution in [0.5, 0.6) is 0 Å². The minimum absolute atomic E-state index is 0.262. The normalized spacial score (nSPS) is 24.6. The highest BCUT2D eigenvalue weighted by Crippen LogP contribution is 2.48. The maximum absolute atomic E-state index is 13.0. The molecule has 0 aromatic heterocycles. The Morgan fingerprint density at radius 3 is 2.20 bits per heavy atom. The average molecular weight is 416 g/mol. The van der Waals surface area contributed by atoms with E-state index in [-0.39, 0.29) is 5.41 Å². The first-order valence-electron chi connectivity index (χ1n) is 10.3. The lowest BCUT2D eigenvalue weighted by Crippen LogP contribution is -2.45. The van der Waals surface area contributed by atoms with Crippen molar-refractivity contribution in [3.63, 3.8) is 0 Å². The van der Waals surface area contributed by atoms with Crippen LogP contribution < -0.4 is 0 Å². The van der Waals surface area contributed by atoms with Gasteiger partial charge in [-0.05, 0) is 29.7 Å². The van der Waals surface area contributed by atoms with Gasteiger partial charge in [0, 0.05) is 30.8 Å². The Bertz CT molecular complexity index is 900. The summed E-state index contributed by atoms with van der Waals surface area (Å²) >= 11 is 0. The van der Waals surface area contributed by atoms with Crippen molar-refractivity contribution in [3.8, 4) is 0 Å². The second-order valence-corrected chi connectivity index (χ2v) is 8.88. The van der Waals surface area contributed by atoms with Crippen molar-refractivity contribution in [2.24, 2.45) is 10.4 Å². The summed E-state index contributed by atoms with van der Waals surface area (Å²) in [4.78, 5) is 7.63. The third-order valence-electron chi connectivity index (χ3n) is 6.09. The maximum atomic E-state index is 13.0. The molecule has 0 saturated carbocycles. The van der Waals surface area contributed by atoms with Crippen LogP contribution >= 0.6 is 0 Å².